The summed E-state index contributed by atoms with van der Waals surface area (Å²) >= 11 is 0. The zero-order valence-electron chi connectivity index (χ0n) is 22.0. The number of aromatic carboxylic acids is 1. The van der Waals surface area contributed by atoms with E-state index in [9.17, 15) is 27.9 Å². The van der Waals surface area contributed by atoms with Crippen LogP contribution in [0.3, 0.4) is 0 Å². The Labute approximate surface area is 224 Å². The molecule has 0 atom stereocenters. The first-order valence-electron chi connectivity index (χ1n) is 12.9. The standard InChI is InChI=1S/C28H31F3N4O4/c1-17(2)35(26(36)20-7-5-18(3)6-8-20)24-10-9-21(14-22(24)27(37)38)39-25-23(28(29,30)31)13-19(15-32-25)16-34-12-4-11-33-34/h4,9-15,17-18,20H,5-8,16H2,1-3H3,(H,37,38). The van der Waals surface area contributed by atoms with Gasteiger partial charge in [-0.15, -0.1) is 0 Å². The van der Waals surface area contributed by atoms with Crippen molar-refractivity contribution < 1.29 is 32.6 Å². The van der Waals surface area contributed by atoms with Gasteiger partial charge in [0.15, 0.2) is 0 Å². The summed E-state index contributed by atoms with van der Waals surface area (Å²) in [5.41, 5.74) is -0.906. The summed E-state index contributed by atoms with van der Waals surface area (Å²) in [6.45, 7) is 5.82. The number of carbonyl (C=O) groups excluding carboxylic acids is 1. The molecule has 11 heteroatoms. The molecule has 1 aromatic carbocycles. The van der Waals surface area contributed by atoms with E-state index in [0.717, 1.165) is 37.8 Å². The molecule has 208 valence electrons. The van der Waals surface area contributed by atoms with E-state index in [1.54, 1.807) is 26.1 Å². The lowest BCUT2D eigenvalue weighted by Gasteiger charge is -2.34. The van der Waals surface area contributed by atoms with Crippen LogP contribution in [0.4, 0.5) is 18.9 Å². The van der Waals surface area contributed by atoms with Gasteiger partial charge in [-0.1, -0.05) is 6.92 Å². The fourth-order valence-electron chi connectivity index (χ4n) is 4.87. The second-order valence-electron chi connectivity index (χ2n) is 10.2. The van der Waals surface area contributed by atoms with Gasteiger partial charge in [0, 0.05) is 30.6 Å². The summed E-state index contributed by atoms with van der Waals surface area (Å²) in [6, 6.07) is 6.14. The molecule has 1 aliphatic carbocycles. The molecule has 1 aliphatic rings. The number of pyridine rings is 1. The number of ether oxygens (including phenoxy) is 1. The van der Waals surface area contributed by atoms with Crippen LogP contribution in [-0.2, 0) is 17.5 Å². The Balaban J connectivity index is 1.65. The Morgan fingerprint density at radius 1 is 1.18 bits per heavy atom. The third-order valence-corrected chi connectivity index (χ3v) is 6.91. The van der Waals surface area contributed by atoms with E-state index >= 15 is 0 Å². The van der Waals surface area contributed by atoms with Crippen LogP contribution in [-0.4, -0.2) is 37.8 Å². The second-order valence-corrected chi connectivity index (χ2v) is 10.2. The minimum atomic E-state index is -4.77. The minimum absolute atomic E-state index is 0.0835. The van der Waals surface area contributed by atoms with Crippen molar-refractivity contribution in [2.45, 2.75) is 65.2 Å². The molecule has 1 saturated carbocycles. The predicted molar refractivity (Wildman–Crippen MR) is 138 cm³/mol. The van der Waals surface area contributed by atoms with Crippen molar-refractivity contribution in [3.05, 3.63) is 65.6 Å². The lowest BCUT2D eigenvalue weighted by Crippen LogP contribution is -2.42. The third-order valence-electron chi connectivity index (χ3n) is 6.91. The maximum atomic E-state index is 13.9. The van der Waals surface area contributed by atoms with E-state index in [1.807, 2.05) is 0 Å². The molecule has 39 heavy (non-hydrogen) atoms. The van der Waals surface area contributed by atoms with Crippen LogP contribution >= 0.6 is 0 Å². The Morgan fingerprint density at radius 3 is 2.49 bits per heavy atom. The van der Waals surface area contributed by atoms with Crippen molar-refractivity contribution in [1.29, 1.82) is 0 Å². The molecule has 1 N–H and O–H groups in total. The van der Waals surface area contributed by atoms with Gasteiger partial charge in [-0.05, 0) is 81.3 Å². The normalized spacial score (nSPS) is 17.7. The Hall–Kier alpha value is -3.89. The fourth-order valence-corrected chi connectivity index (χ4v) is 4.87. The van der Waals surface area contributed by atoms with E-state index in [1.165, 1.54) is 34.1 Å². The Kier molecular flexibility index (Phi) is 8.27. The molecule has 2 heterocycles. The zero-order valence-corrected chi connectivity index (χ0v) is 22.0. The molecule has 1 fully saturated rings. The fraction of sp³-hybridized carbons (Fsp3) is 0.429. The SMILES string of the molecule is CC1CCC(C(=O)N(c2ccc(Oc3ncc(Cn4cccn4)cc3C(F)(F)F)cc2C(=O)O)C(C)C)CC1. The van der Waals surface area contributed by atoms with E-state index in [-0.39, 0.29) is 47.0 Å². The summed E-state index contributed by atoms with van der Waals surface area (Å²) in [4.78, 5) is 31.0. The highest BCUT2D eigenvalue weighted by Gasteiger charge is 2.36. The highest BCUT2D eigenvalue weighted by molar-refractivity contribution is 6.03. The maximum absolute atomic E-state index is 13.9. The quantitative estimate of drug-likeness (QED) is 0.352. The number of benzene rings is 1. The van der Waals surface area contributed by atoms with Crippen molar-refractivity contribution in [1.82, 2.24) is 14.8 Å². The van der Waals surface area contributed by atoms with Gasteiger partial charge in [0.1, 0.15) is 11.3 Å². The topological polar surface area (TPSA) is 97.6 Å². The lowest BCUT2D eigenvalue weighted by atomic mass is 9.82. The third kappa shape index (κ3) is 6.58. The van der Waals surface area contributed by atoms with Gasteiger partial charge in [-0.25, -0.2) is 9.78 Å². The van der Waals surface area contributed by atoms with Crippen LogP contribution in [0.25, 0.3) is 0 Å². The molecule has 0 spiro atoms. The Bertz CT molecular complexity index is 1320. The van der Waals surface area contributed by atoms with Gasteiger partial charge in [-0.2, -0.15) is 18.3 Å². The number of alkyl halides is 3. The molecular weight excluding hydrogens is 513 g/mol. The molecule has 4 rings (SSSR count). The van der Waals surface area contributed by atoms with E-state index < -0.39 is 23.6 Å². The first-order chi connectivity index (χ1) is 18.4. The number of nitrogens with zero attached hydrogens (tertiary/aromatic N) is 4. The summed E-state index contributed by atoms with van der Waals surface area (Å²) in [5, 5.41) is 14.0. The zero-order chi connectivity index (χ0) is 28.3. The van der Waals surface area contributed by atoms with E-state index in [4.69, 9.17) is 4.74 Å². The molecule has 8 nitrogen and oxygen atoms in total. The van der Waals surface area contributed by atoms with Crippen LogP contribution in [0.5, 0.6) is 11.6 Å². The summed E-state index contributed by atoms with van der Waals surface area (Å²) in [7, 11) is 0. The number of anilines is 1. The molecule has 2 aromatic heterocycles. The van der Waals surface area contributed by atoms with Crippen molar-refractivity contribution in [3.8, 4) is 11.6 Å². The first-order valence-corrected chi connectivity index (χ1v) is 12.9. The highest BCUT2D eigenvalue weighted by Crippen LogP contribution is 2.39. The molecule has 0 saturated heterocycles. The lowest BCUT2D eigenvalue weighted by molar-refractivity contribution is -0.139. The summed E-state index contributed by atoms with van der Waals surface area (Å²) in [6.07, 6.45) is 2.94. The minimum Gasteiger partial charge on any atom is -0.478 e. The number of carboxylic acid groups (broad SMARTS) is 1. The van der Waals surface area contributed by atoms with E-state index in [0.29, 0.717) is 5.92 Å². The van der Waals surface area contributed by atoms with Crippen LogP contribution in [0.1, 0.15) is 67.9 Å². The monoisotopic (exact) mass is 544 g/mol. The van der Waals surface area contributed by atoms with Crippen LogP contribution in [0.2, 0.25) is 0 Å². The first kappa shape index (κ1) is 28.1. The van der Waals surface area contributed by atoms with Crippen LogP contribution in [0.15, 0.2) is 48.9 Å². The van der Waals surface area contributed by atoms with Crippen LogP contribution < -0.4 is 9.64 Å². The molecule has 0 aliphatic heterocycles. The summed E-state index contributed by atoms with van der Waals surface area (Å²) < 4.78 is 48.6. The van der Waals surface area contributed by atoms with Crippen LogP contribution in [0, 0.1) is 11.8 Å². The van der Waals surface area contributed by atoms with Crippen molar-refractivity contribution in [2.24, 2.45) is 11.8 Å². The maximum Gasteiger partial charge on any atom is 0.421 e. The number of hydrogen-bond donors (Lipinski definition) is 1. The molecule has 0 radical (unpaired) electrons. The van der Waals surface area contributed by atoms with E-state index in [2.05, 4.69) is 17.0 Å². The average Bonchev–Trinajstić information content (AvgIpc) is 3.38. The van der Waals surface area contributed by atoms with Crippen molar-refractivity contribution in [3.63, 3.8) is 0 Å². The number of aromatic nitrogens is 3. The number of carboxylic acids is 1. The number of carbonyl (C=O) groups is 2. The second kappa shape index (κ2) is 11.5. The number of amides is 1. The molecular formula is C28H31F3N4O4. The summed E-state index contributed by atoms with van der Waals surface area (Å²) in [5.74, 6) is -1.99. The smallest absolute Gasteiger partial charge is 0.421 e. The van der Waals surface area contributed by atoms with Crippen molar-refractivity contribution in [2.75, 3.05) is 4.90 Å². The highest BCUT2D eigenvalue weighted by atomic mass is 19.4. The number of halogens is 3. The van der Waals surface area contributed by atoms with Gasteiger partial charge < -0.3 is 14.7 Å². The Morgan fingerprint density at radius 2 is 1.90 bits per heavy atom. The van der Waals surface area contributed by atoms with Gasteiger partial charge in [0.05, 0.1) is 17.8 Å². The average molecular weight is 545 g/mol. The van der Waals surface area contributed by atoms with Gasteiger partial charge in [-0.3, -0.25) is 9.48 Å². The molecule has 3 aromatic rings. The van der Waals surface area contributed by atoms with Gasteiger partial charge >= 0.3 is 12.1 Å². The van der Waals surface area contributed by atoms with Gasteiger partial charge in [0.2, 0.25) is 11.8 Å². The number of rotatable bonds is 8. The predicted octanol–water partition coefficient (Wildman–Crippen LogP) is 6.40. The number of hydrogen-bond acceptors (Lipinski definition) is 5. The van der Waals surface area contributed by atoms with Gasteiger partial charge in [0.25, 0.3) is 0 Å². The van der Waals surface area contributed by atoms with Crippen molar-refractivity contribution >= 4 is 17.6 Å². The molecule has 1 amide bonds. The molecule has 0 unspecified atom stereocenters. The molecule has 0 bridgehead atoms. The largest absolute Gasteiger partial charge is 0.478 e.